The first-order chi connectivity index (χ1) is 16.6. The van der Waals surface area contributed by atoms with E-state index < -0.39 is 0 Å². The predicted molar refractivity (Wildman–Crippen MR) is 143 cm³/mol. The van der Waals surface area contributed by atoms with E-state index in [2.05, 4.69) is 85.8 Å². The first-order valence-corrected chi connectivity index (χ1v) is 12.2. The SMILES string of the molecule is Cc1nc(-c2ccc(-c3ccc(-c4nc5ccccc5s4)c4ccccc34)cc2)nc(C)c1C. The van der Waals surface area contributed by atoms with E-state index in [0.717, 1.165) is 38.9 Å². The van der Waals surface area contributed by atoms with Crippen molar-refractivity contribution >= 4 is 32.3 Å². The van der Waals surface area contributed by atoms with Crippen LogP contribution in [0.3, 0.4) is 0 Å². The summed E-state index contributed by atoms with van der Waals surface area (Å²) in [5, 5.41) is 3.50. The summed E-state index contributed by atoms with van der Waals surface area (Å²) in [6, 6.07) is 29.9. The lowest BCUT2D eigenvalue weighted by Gasteiger charge is -2.11. The lowest BCUT2D eigenvalue weighted by molar-refractivity contribution is 1.02. The molecule has 3 nitrogen and oxygen atoms in total. The van der Waals surface area contributed by atoms with Crippen molar-refractivity contribution in [1.29, 1.82) is 0 Å². The standard InChI is InChI=1S/C30H23N3S/c1-18-19(2)31-29(32-20(18)3)22-14-12-21(13-15-22)23-16-17-26(25-9-5-4-8-24(23)25)30-33-27-10-6-7-11-28(27)34-30/h4-17H,1-3H3. The van der Waals surface area contributed by atoms with E-state index in [1.165, 1.54) is 32.2 Å². The van der Waals surface area contributed by atoms with Crippen molar-refractivity contribution in [2.24, 2.45) is 0 Å². The fourth-order valence-corrected chi connectivity index (χ4v) is 5.43. The van der Waals surface area contributed by atoms with E-state index in [9.17, 15) is 0 Å². The third kappa shape index (κ3) is 3.47. The normalized spacial score (nSPS) is 11.4. The van der Waals surface area contributed by atoms with Crippen LogP contribution >= 0.6 is 11.3 Å². The van der Waals surface area contributed by atoms with Gasteiger partial charge in [0.2, 0.25) is 0 Å². The van der Waals surface area contributed by atoms with Crippen molar-refractivity contribution in [2.75, 3.05) is 0 Å². The highest BCUT2D eigenvalue weighted by atomic mass is 32.1. The number of benzene rings is 4. The number of fused-ring (bicyclic) bond motifs is 2. The third-order valence-corrected chi connectivity index (χ3v) is 7.60. The Kier molecular flexibility index (Phi) is 4.96. The Balaban J connectivity index is 1.44. The Morgan fingerprint density at radius 1 is 0.559 bits per heavy atom. The maximum absolute atomic E-state index is 4.91. The van der Waals surface area contributed by atoms with Crippen LogP contribution in [-0.2, 0) is 0 Å². The van der Waals surface area contributed by atoms with Gasteiger partial charge in [-0.05, 0) is 60.4 Å². The highest BCUT2D eigenvalue weighted by Crippen LogP contribution is 2.38. The molecule has 6 aromatic rings. The lowest BCUT2D eigenvalue weighted by Crippen LogP contribution is -1.98. The molecule has 0 bridgehead atoms. The van der Waals surface area contributed by atoms with Crippen LogP contribution in [-0.4, -0.2) is 15.0 Å². The summed E-state index contributed by atoms with van der Waals surface area (Å²) in [5.74, 6) is 0.781. The van der Waals surface area contributed by atoms with E-state index in [1.807, 2.05) is 19.9 Å². The lowest BCUT2D eigenvalue weighted by atomic mass is 9.94. The molecule has 0 radical (unpaired) electrons. The summed E-state index contributed by atoms with van der Waals surface area (Å²) in [5.41, 5.74) is 8.86. The molecule has 0 N–H and O–H groups in total. The minimum Gasteiger partial charge on any atom is -0.236 e. The quantitative estimate of drug-likeness (QED) is 0.269. The van der Waals surface area contributed by atoms with Crippen LogP contribution in [0.4, 0.5) is 0 Å². The van der Waals surface area contributed by atoms with Crippen LogP contribution in [0.15, 0.2) is 84.9 Å². The Morgan fingerprint density at radius 2 is 1.15 bits per heavy atom. The zero-order valence-electron chi connectivity index (χ0n) is 19.3. The van der Waals surface area contributed by atoms with Crippen LogP contribution in [0.5, 0.6) is 0 Å². The molecule has 34 heavy (non-hydrogen) atoms. The number of nitrogens with zero attached hydrogens (tertiary/aromatic N) is 3. The van der Waals surface area contributed by atoms with Crippen molar-refractivity contribution < 1.29 is 0 Å². The van der Waals surface area contributed by atoms with Gasteiger partial charge in [-0.2, -0.15) is 0 Å². The average Bonchev–Trinajstić information content (AvgIpc) is 3.30. The highest BCUT2D eigenvalue weighted by Gasteiger charge is 2.13. The molecule has 4 heteroatoms. The molecule has 4 aromatic carbocycles. The minimum atomic E-state index is 0.781. The smallest absolute Gasteiger partial charge is 0.159 e. The largest absolute Gasteiger partial charge is 0.236 e. The molecule has 0 fully saturated rings. The summed E-state index contributed by atoms with van der Waals surface area (Å²) < 4.78 is 1.21. The van der Waals surface area contributed by atoms with Gasteiger partial charge in [0.05, 0.1) is 10.2 Å². The van der Waals surface area contributed by atoms with Crippen molar-refractivity contribution in [3.63, 3.8) is 0 Å². The molecule has 0 spiro atoms. The van der Waals surface area contributed by atoms with E-state index in [4.69, 9.17) is 15.0 Å². The van der Waals surface area contributed by atoms with Crippen molar-refractivity contribution in [1.82, 2.24) is 15.0 Å². The van der Waals surface area contributed by atoms with Gasteiger partial charge in [0.15, 0.2) is 5.82 Å². The van der Waals surface area contributed by atoms with Gasteiger partial charge in [-0.1, -0.05) is 72.8 Å². The number of thiazole rings is 1. The summed E-state index contributed by atoms with van der Waals surface area (Å²) in [7, 11) is 0. The Morgan fingerprint density at radius 3 is 1.85 bits per heavy atom. The minimum absolute atomic E-state index is 0.781. The van der Waals surface area contributed by atoms with E-state index >= 15 is 0 Å². The van der Waals surface area contributed by atoms with E-state index in [-0.39, 0.29) is 0 Å². The van der Waals surface area contributed by atoms with Crippen LogP contribution in [0.2, 0.25) is 0 Å². The number of hydrogen-bond acceptors (Lipinski definition) is 4. The van der Waals surface area contributed by atoms with Crippen LogP contribution < -0.4 is 0 Å². The second-order valence-electron chi connectivity index (χ2n) is 8.61. The zero-order chi connectivity index (χ0) is 23.2. The molecule has 164 valence electrons. The topological polar surface area (TPSA) is 38.7 Å². The summed E-state index contributed by atoms with van der Waals surface area (Å²) in [4.78, 5) is 14.3. The van der Waals surface area contributed by atoms with Gasteiger partial charge in [0, 0.05) is 22.5 Å². The number of para-hydroxylation sites is 1. The number of rotatable bonds is 3. The second-order valence-corrected chi connectivity index (χ2v) is 9.64. The monoisotopic (exact) mass is 457 g/mol. The Labute approximate surface area is 202 Å². The molecular formula is C30H23N3S. The molecule has 0 aliphatic carbocycles. The molecular weight excluding hydrogens is 434 g/mol. The van der Waals surface area contributed by atoms with Gasteiger partial charge in [0.25, 0.3) is 0 Å². The fraction of sp³-hybridized carbons (Fsp3) is 0.100. The summed E-state index contributed by atoms with van der Waals surface area (Å²) in [6.07, 6.45) is 0. The highest BCUT2D eigenvalue weighted by molar-refractivity contribution is 7.21. The Bertz CT molecular complexity index is 1620. The molecule has 0 aliphatic rings. The molecule has 6 rings (SSSR count). The predicted octanol–water partition coefficient (Wildman–Crippen LogP) is 8.17. The van der Waals surface area contributed by atoms with Gasteiger partial charge in [-0.25, -0.2) is 15.0 Å². The van der Waals surface area contributed by atoms with E-state index in [0.29, 0.717) is 0 Å². The maximum atomic E-state index is 4.91. The van der Waals surface area contributed by atoms with Crippen LogP contribution in [0.25, 0.3) is 54.1 Å². The maximum Gasteiger partial charge on any atom is 0.159 e. The second kappa shape index (κ2) is 8.15. The molecule has 0 amide bonds. The number of aromatic nitrogens is 3. The van der Waals surface area contributed by atoms with Gasteiger partial charge < -0.3 is 0 Å². The first-order valence-electron chi connectivity index (χ1n) is 11.4. The van der Waals surface area contributed by atoms with Gasteiger partial charge in [-0.15, -0.1) is 11.3 Å². The van der Waals surface area contributed by atoms with Crippen molar-refractivity contribution in [3.05, 3.63) is 102 Å². The molecule has 0 saturated carbocycles. The Hall–Kier alpha value is -3.89. The van der Waals surface area contributed by atoms with Crippen LogP contribution in [0.1, 0.15) is 17.0 Å². The average molecular weight is 458 g/mol. The number of hydrogen-bond donors (Lipinski definition) is 0. The number of aryl methyl sites for hydroxylation is 2. The van der Waals surface area contributed by atoms with Gasteiger partial charge in [0.1, 0.15) is 5.01 Å². The van der Waals surface area contributed by atoms with Crippen molar-refractivity contribution in [3.8, 4) is 33.1 Å². The van der Waals surface area contributed by atoms with Gasteiger partial charge >= 0.3 is 0 Å². The summed E-state index contributed by atoms with van der Waals surface area (Å²) >= 11 is 1.74. The summed E-state index contributed by atoms with van der Waals surface area (Å²) in [6.45, 7) is 6.16. The molecule has 0 aliphatic heterocycles. The van der Waals surface area contributed by atoms with Gasteiger partial charge in [-0.3, -0.25) is 0 Å². The zero-order valence-corrected chi connectivity index (χ0v) is 20.1. The molecule has 2 heterocycles. The van der Waals surface area contributed by atoms with Crippen LogP contribution in [0, 0.1) is 20.8 Å². The first kappa shape index (κ1) is 20.7. The molecule has 0 saturated heterocycles. The molecule has 0 atom stereocenters. The molecule has 0 unspecified atom stereocenters. The molecule has 2 aromatic heterocycles. The fourth-order valence-electron chi connectivity index (χ4n) is 4.42. The van der Waals surface area contributed by atoms with Crippen molar-refractivity contribution in [2.45, 2.75) is 20.8 Å². The third-order valence-electron chi connectivity index (χ3n) is 6.54. The van der Waals surface area contributed by atoms with E-state index in [1.54, 1.807) is 11.3 Å².